The molecule has 2 N–H and O–H groups in total. The van der Waals surface area contributed by atoms with E-state index in [1.807, 2.05) is 30.3 Å². The van der Waals surface area contributed by atoms with Crippen LogP contribution in [-0.2, 0) is 9.63 Å². The van der Waals surface area contributed by atoms with Crippen molar-refractivity contribution < 1.29 is 14.4 Å². The molecule has 3 aromatic rings. The highest BCUT2D eigenvalue weighted by Gasteiger charge is 2.33. The van der Waals surface area contributed by atoms with Crippen molar-refractivity contribution in [2.24, 2.45) is 0 Å². The van der Waals surface area contributed by atoms with Crippen LogP contribution in [0.5, 0.6) is 5.75 Å². The fourth-order valence-corrected chi connectivity index (χ4v) is 8.45. The quantitative estimate of drug-likeness (QED) is 0.212. The van der Waals surface area contributed by atoms with Crippen molar-refractivity contribution in [2.75, 3.05) is 73.6 Å². The van der Waals surface area contributed by atoms with Gasteiger partial charge in [0.15, 0.2) is 5.82 Å². The Hall–Kier alpha value is -3.61. The number of aromatic nitrogens is 2. The van der Waals surface area contributed by atoms with Crippen molar-refractivity contribution in [2.45, 2.75) is 63.1 Å². The number of nitrogens with one attached hydrogen (secondary N) is 2. The van der Waals surface area contributed by atoms with Crippen LogP contribution in [0.4, 0.5) is 28.7 Å². The van der Waals surface area contributed by atoms with Crippen molar-refractivity contribution in [3.8, 4) is 5.75 Å². The normalized spacial score (nSPS) is 21.1. The molecule has 2 aromatic carbocycles. The number of hydroxylamine groups is 1. The minimum absolute atomic E-state index is 0.163. The van der Waals surface area contributed by atoms with Crippen molar-refractivity contribution in [3.63, 3.8) is 0 Å². The Morgan fingerprint density at radius 1 is 0.940 bits per heavy atom. The number of carbonyl (C=O) groups excluding carboxylic acids is 1. The van der Waals surface area contributed by atoms with Crippen molar-refractivity contribution >= 4 is 57.8 Å². The number of hydrogen-bond acceptors (Lipinski definition) is 10. The summed E-state index contributed by atoms with van der Waals surface area (Å²) in [6.07, 6.45) is 11.2. The van der Waals surface area contributed by atoms with E-state index < -0.39 is 0 Å². The fraction of sp³-hybridized carbons (Fsp3) is 0.486. The van der Waals surface area contributed by atoms with Gasteiger partial charge in [-0.05, 0) is 49.5 Å². The Labute approximate surface area is 304 Å². The molecule has 11 nitrogen and oxygen atoms in total. The average molecular weight is 722 g/mol. The van der Waals surface area contributed by atoms with E-state index in [1.165, 1.54) is 51.2 Å². The van der Waals surface area contributed by atoms with Gasteiger partial charge in [0.1, 0.15) is 17.9 Å². The number of anilines is 5. The molecule has 4 heterocycles. The Kier molecular flexibility index (Phi) is 11.0. The van der Waals surface area contributed by atoms with Crippen LogP contribution in [0.25, 0.3) is 0 Å². The third-order valence-electron chi connectivity index (χ3n) is 10.7. The second-order valence-electron chi connectivity index (χ2n) is 13.5. The van der Waals surface area contributed by atoms with Gasteiger partial charge in [-0.25, -0.2) is 15.0 Å². The first-order valence-corrected chi connectivity index (χ1v) is 18.5. The molecule has 1 aromatic heterocycles. The maximum Gasteiger partial charge on any atom is 0.247 e. The molecule has 0 unspecified atom stereocenters. The molecule has 4 aliphatic rings. The van der Waals surface area contributed by atoms with Crippen LogP contribution in [0.15, 0.2) is 55.4 Å². The van der Waals surface area contributed by atoms with Gasteiger partial charge in [0, 0.05) is 69.9 Å². The summed E-state index contributed by atoms with van der Waals surface area (Å²) in [5.41, 5.74) is 3.11. The summed E-state index contributed by atoms with van der Waals surface area (Å²) in [6.45, 7) is 10.6. The SMILES string of the molecule is C=CC(=O)Nc1cc(Nc2cc(N3OCC[C@@H]3c3cccc(Cl)c3Cl)ncn2)c(OC)cc1N1CCC(N2CCN(C3CCCC3)CC2)CC1. The number of rotatable bonds is 10. The minimum Gasteiger partial charge on any atom is -0.494 e. The monoisotopic (exact) mass is 720 g/mol. The molecular weight excluding hydrogens is 675 g/mol. The molecule has 7 rings (SSSR count). The van der Waals surface area contributed by atoms with Gasteiger partial charge in [-0.2, -0.15) is 0 Å². The minimum atomic E-state index is -0.279. The number of piperidine rings is 1. The molecule has 50 heavy (non-hydrogen) atoms. The fourth-order valence-electron chi connectivity index (χ4n) is 8.02. The first kappa shape index (κ1) is 34.8. The molecule has 3 saturated heterocycles. The van der Waals surface area contributed by atoms with Crippen LogP contribution in [-0.4, -0.2) is 90.7 Å². The first-order valence-electron chi connectivity index (χ1n) is 17.8. The van der Waals surface area contributed by atoms with Crippen LogP contribution in [0.2, 0.25) is 10.0 Å². The van der Waals surface area contributed by atoms with Gasteiger partial charge >= 0.3 is 0 Å². The number of hydrogen-bond donors (Lipinski definition) is 2. The third kappa shape index (κ3) is 7.52. The maximum absolute atomic E-state index is 12.6. The van der Waals surface area contributed by atoms with E-state index in [0.29, 0.717) is 51.5 Å². The lowest BCUT2D eigenvalue weighted by atomic mass is 10.0. The van der Waals surface area contributed by atoms with Gasteiger partial charge in [-0.15, -0.1) is 0 Å². The van der Waals surface area contributed by atoms with Gasteiger partial charge < -0.3 is 20.3 Å². The smallest absolute Gasteiger partial charge is 0.247 e. The zero-order valence-corrected chi connectivity index (χ0v) is 30.1. The van der Waals surface area contributed by atoms with Crippen LogP contribution in [0, 0.1) is 0 Å². The van der Waals surface area contributed by atoms with E-state index in [-0.39, 0.29) is 11.9 Å². The van der Waals surface area contributed by atoms with Crippen molar-refractivity contribution in [3.05, 3.63) is 71.0 Å². The van der Waals surface area contributed by atoms with E-state index in [9.17, 15) is 4.79 Å². The summed E-state index contributed by atoms with van der Waals surface area (Å²) in [5, 5.41) is 9.17. The van der Waals surface area contributed by atoms with Crippen LogP contribution >= 0.6 is 23.2 Å². The van der Waals surface area contributed by atoms with Gasteiger partial charge in [-0.1, -0.05) is 54.8 Å². The molecule has 4 fully saturated rings. The van der Waals surface area contributed by atoms with E-state index in [4.69, 9.17) is 32.8 Å². The summed E-state index contributed by atoms with van der Waals surface area (Å²) in [5.74, 6) is 1.45. The summed E-state index contributed by atoms with van der Waals surface area (Å²) in [4.78, 5) is 35.4. The molecule has 266 valence electrons. The number of methoxy groups -OCH3 is 1. The summed E-state index contributed by atoms with van der Waals surface area (Å²) in [6, 6.07) is 12.5. The maximum atomic E-state index is 12.6. The standard InChI is InChI=1S/C37H46Cl2N8O3/c1-3-36(48)43-29-21-30(42-34-23-35(41-24-40-34)47-31(13-20-50-47)27-9-6-10-28(38)37(27)39)33(49-2)22-32(29)46-14-11-26(12-15-46)45-18-16-44(17-19-45)25-7-4-5-8-25/h3,6,9-10,21-26,31H,1,4-5,7-8,11-20H2,2H3,(H,43,48)(H,40,41,42)/t31-/m1/s1. The summed E-state index contributed by atoms with van der Waals surface area (Å²) < 4.78 is 5.89. The van der Waals surface area contributed by atoms with Crippen molar-refractivity contribution in [1.29, 1.82) is 0 Å². The second kappa shape index (κ2) is 15.7. The Morgan fingerprint density at radius 3 is 2.36 bits per heavy atom. The van der Waals surface area contributed by atoms with Gasteiger partial charge in [0.05, 0.1) is 46.9 Å². The largest absolute Gasteiger partial charge is 0.494 e. The zero-order valence-electron chi connectivity index (χ0n) is 28.6. The van der Waals surface area contributed by atoms with E-state index in [0.717, 1.165) is 62.7 Å². The predicted octanol–water partition coefficient (Wildman–Crippen LogP) is 7.07. The van der Waals surface area contributed by atoms with Gasteiger partial charge in [0.2, 0.25) is 5.91 Å². The highest BCUT2D eigenvalue weighted by molar-refractivity contribution is 6.42. The number of piperazine rings is 1. The molecule has 3 aliphatic heterocycles. The number of ether oxygens (including phenoxy) is 1. The summed E-state index contributed by atoms with van der Waals surface area (Å²) >= 11 is 12.9. The number of nitrogens with zero attached hydrogens (tertiary/aromatic N) is 6. The second-order valence-corrected chi connectivity index (χ2v) is 14.3. The molecule has 1 amide bonds. The Balaban J connectivity index is 1.07. The highest BCUT2D eigenvalue weighted by atomic mass is 35.5. The molecule has 0 bridgehead atoms. The zero-order chi connectivity index (χ0) is 34.6. The molecule has 1 aliphatic carbocycles. The lowest BCUT2D eigenvalue weighted by Gasteiger charge is -2.44. The van der Waals surface area contributed by atoms with Gasteiger partial charge in [0.25, 0.3) is 0 Å². The lowest BCUT2D eigenvalue weighted by Crippen LogP contribution is -2.54. The summed E-state index contributed by atoms with van der Waals surface area (Å²) in [7, 11) is 1.65. The number of carbonyl (C=O) groups is 1. The molecular formula is C37H46Cl2N8O3. The Bertz CT molecular complexity index is 1670. The predicted molar refractivity (Wildman–Crippen MR) is 200 cm³/mol. The first-order chi connectivity index (χ1) is 24.4. The third-order valence-corrected chi connectivity index (χ3v) is 11.5. The molecule has 1 saturated carbocycles. The lowest BCUT2D eigenvalue weighted by molar-refractivity contribution is -0.111. The molecule has 13 heteroatoms. The highest BCUT2D eigenvalue weighted by Crippen LogP contribution is 2.42. The van der Waals surface area contributed by atoms with Crippen LogP contribution < -0.4 is 25.3 Å². The molecule has 0 spiro atoms. The number of halogens is 2. The topological polar surface area (TPSA) is 98.3 Å². The van der Waals surface area contributed by atoms with E-state index in [2.05, 4.69) is 41.9 Å². The van der Waals surface area contributed by atoms with E-state index in [1.54, 1.807) is 18.2 Å². The van der Waals surface area contributed by atoms with Crippen LogP contribution in [0.3, 0.4) is 0 Å². The number of benzene rings is 2. The molecule has 0 radical (unpaired) electrons. The van der Waals surface area contributed by atoms with Gasteiger partial charge in [-0.3, -0.25) is 19.4 Å². The van der Waals surface area contributed by atoms with Crippen molar-refractivity contribution in [1.82, 2.24) is 19.8 Å². The Morgan fingerprint density at radius 2 is 1.66 bits per heavy atom. The average Bonchev–Trinajstić information content (AvgIpc) is 3.87. The molecule has 1 atom stereocenters. The van der Waals surface area contributed by atoms with Crippen LogP contribution in [0.1, 0.15) is 56.6 Å². The number of amides is 1. The van der Waals surface area contributed by atoms with E-state index >= 15 is 0 Å².